The molecule has 0 atom stereocenters. The zero-order valence-corrected chi connectivity index (χ0v) is 16.7. The normalized spacial score (nSPS) is 15.7. The maximum Gasteiger partial charge on any atom is 0.244 e. The zero-order chi connectivity index (χ0) is 19.2. The Labute approximate surface area is 167 Å². The quantitative estimate of drug-likeness (QED) is 0.628. The molecule has 2 aromatic carbocycles. The Hall–Kier alpha value is -1.86. The summed E-state index contributed by atoms with van der Waals surface area (Å²) in [5.41, 5.74) is 1.50. The van der Waals surface area contributed by atoms with E-state index in [-0.39, 0.29) is 29.1 Å². The second-order valence-corrected chi connectivity index (χ2v) is 9.16. The van der Waals surface area contributed by atoms with Crippen molar-refractivity contribution in [2.75, 3.05) is 13.1 Å². The number of aromatic nitrogens is 1. The van der Waals surface area contributed by atoms with E-state index < -0.39 is 10.0 Å². The first-order valence-corrected chi connectivity index (χ1v) is 10.5. The lowest BCUT2D eigenvalue weighted by Crippen LogP contribution is -2.56. The Bertz CT molecular complexity index is 1130. The third-order valence-electron chi connectivity index (χ3n) is 4.51. The Kier molecular flexibility index (Phi) is 4.76. The molecule has 140 valence electrons. The SMILES string of the molecule is Cc1cc(S(=O)(=O)N2CC(Oc3ccc4ccccc4n3)C2)c(Cl)cc1Cl. The van der Waals surface area contributed by atoms with E-state index in [0.29, 0.717) is 16.5 Å². The van der Waals surface area contributed by atoms with E-state index in [0.717, 1.165) is 10.9 Å². The average Bonchev–Trinajstić information content (AvgIpc) is 2.60. The van der Waals surface area contributed by atoms with Gasteiger partial charge in [-0.05, 0) is 36.8 Å². The number of aryl methyl sites for hydroxylation is 1. The van der Waals surface area contributed by atoms with Gasteiger partial charge in [0.1, 0.15) is 11.0 Å². The second kappa shape index (κ2) is 6.95. The van der Waals surface area contributed by atoms with Crippen molar-refractivity contribution in [2.24, 2.45) is 0 Å². The minimum Gasteiger partial charge on any atom is -0.472 e. The summed E-state index contributed by atoms with van der Waals surface area (Å²) in [6.07, 6.45) is -0.249. The van der Waals surface area contributed by atoms with E-state index >= 15 is 0 Å². The van der Waals surface area contributed by atoms with Crippen molar-refractivity contribution in [3.63, 3.8) is 0 Å². The molecule has 1 saturated heterocycles. The van der Waals surface area contributed by atoms with Crippen molar-refractivity contribution in [2.45, 2.75) is 17.9 Å². The third-order valence-corrected chi connectivity index (χ3v) is 7.21. The molecule has 0 unspecified atom stereocenters. The zero-order valence-electron chi connectivity index (χ0n) is 14.4. The first-order valence-electron chi connectivity index (χ1n) is 8.33. The van der Waals surface area contributed by atoms with Crippen LogP contribution in [0.15, 0.2) is 53.4 Å². The lowest BCUT2D eigenvalue weighted by Gasteiger charge is -2.37. The highest BCUT2D eigenvalue weighted by Crippen LogP contribution is 2.32. The third kappa shape index (κ3) is 3.50. The number of benzene rings is 2. The maximum atomic E-state index is 12.8. The highest BCUT2D eigenvalue weighted by atomic mass is 35.5. The molecule has 0 spiro atoms. The summed E-state index contributed by atoms with van der Waals surface area (Å²) >= 11 is 12.1. The van der Waals surface area contributed by atoms with E-state index in [1.165, 1.54) is 16.4 Å². The first kappa shape index (κ1) is 18.5. The van der Waals surface area contributed by atoms with Gasteiger partial charge in [0.05, 0.1) is 23.6 Å². The molecule has 1 aromatic heterocycles. The fraction of sp³-hybridized carbons (Fsp3) is 0.211. The van der Waals surface area contributed by atoms with Gasteiger partial charge in [-0.1, -0.05) is 41.4 Å². The number of nitrogens with zero attached hydrogens (tertiary/aromatic N) is 2. The summed E-state index contributed by atoms with van der Waals surface area (Å²) in [7, 11) is -3.69. The standard InChI is InChI=1S/C19H16Cl2N2O3S/c1-12-8-18(16(21)9-15(12)20)27(24,25)23-10-14(11-23)26-19-7-6-13-4-2-3-5-17(13)22-19/h2-9,14H,10-11H2,1H3. The molecule has 0 saturated carbocycles. The summed E-state index contributed by atoms with van der Waals surface area (Å²) in [5, 5.41) is 1.58. The van der Waals surface area contributed by atoms with Gasteiger partial charge >= 0.3 is 0 Å². The van der Waals surface area contributed by atoms with Gasteiger partial charge in [-0.2, -0.15) is 4.31 Å². The lowest BCUT2D eigenvalue weighted by molar-refractivity contribution is 0.0724. The summed E-state index contributed by atoms with van der Waals surface area (Å²) in [4.78, 5) is 4.52. The van der Waals surface area contributed by atoms with Crippen LogP contribution >= 0.6 is 23.2 Å². The number of para-hydroxylation sites is 1. The van der Waals surface area contributed by atoms with Crippen LogP contribution in [0.5, 0.6) is 5.88 Å². The summed E-state index contributed by atoms with van der Waals surface area (Å²) in [6, 6.07) is 14.4. The predicted octanol–water partition coefficient (Wildman–Crippen LogP) is 4.30. The van der Waals surface area contributed by atoms with Crippen LogP contribution in [0.4, 0.5) is 0 Å². The van der Waals surface area contributed by atoms with Gasteiger partial charge in [-0.3, -0.25) is 0 Å². The molecule has 1 aliphatic heterocycles. The smallest absolute Gasteiger partial charge is 0.244 e. The molecule has 0 aliphatic carbocycles. The largest absolute Gasteiger partial charge is 0.472 e. The molecule has 0 radical (unpaired) electrons. The Morgan fingerprint density at radius 1 is 1.07 bits per heavy atom. The number of pyridine rings is 1. The highest BCUT2D eigenvalue weighted by molar-refractivity contribution is 7.89. The summed E-state index contributed by atoms with van der Waals surface area (Å²) < 4.78 is 32.8. The lowest BCUT2D eigenvalue weighted by atomic mass is 10.2. The number of rotatable bonds is 4. The van der Waals surface area contributed by atoms with Crippen molar-refractivity contribution in [3.8, 4) is 5.88 Å². The van der Waals surface area contributed by atoms with E-state index in [2.05, 4.69) is 4.98 Å². The molecule has 1 fully saturated rings. The molecule has 0 N–H and O–H groups in total. The molecule has 1 aliphatic rings. The minimum absolute atomic E-state index is 0.0633. The molecule has 5 nitrogen and oxygen atoms in total. The predicted molar refractivity (Wildman–Crippen MR) is 106 cm³/mol. The fourth-order valence-electron chi connectivity index (χ4n) is 2.92. The van der Waals surface area contributed by atoms with Crippen molar-refractivity contribution in [1.29, 1.82) is 0 Å². The van der Waals surface area contributed by atoms with Gasteiger partial charge in [0, 0.05) is 16.5 Å². The van der Waals surface area contributed by atoms with Gasteiger partial charge in [-0.25, -0.2) is 13.4 Å². The number of fused-ring (bicyclic) bond motifs is 1. The number of halogens is 2. The van der Waals surface area contributed by atoms with Crippen LogP contribution in [0.2, 0.25) is 10.0 Å². The molecule has 4 rings (SSSR count). The topological polar surface area (TPSA) is 59.5 Å². The molecule has 2 heterocycles. The van der Waals surface area contributed by atoms with Crippen LogP contribution in [0.25, 0.3) is 10.9 Å². The first-order chi connectivity index (χ1) is 12.8. The number of sulfonamides is 1. The Morgan fingerprint density at radius 2 is 1.81 bits per heavy atom. The number of hydrogen-bond donors (Lipinski definition) is 0. The van der Waals surface area contributed by atoms with Gasteiger partial charge in [0.25, 0.3) is 0 Å². The van der Waals surface area contributed by atoms with Crippen molar-refractivity contribution in [3.05, 3.63) is 64.1 Å². The average molecular weight is 423 g/mol. The Balaban J connectivity index is 1.47. The Morgan fingerprint density at radius 3 is 2.59 bits per heavy atom. The van der Waals surface area contributed by atoms with Gasteiger partial charge in [0.2, 0.25) is 15.9 Å². The van der Waals surface area contributed by atoms with Crippen LogP contribution in [0, 0.1) is 6.92 Å². The van der Waals surface area contributed by atoms with Crippen molar-refractivity contribution in [1.82, 2.24) is 9.29 Å². The van der Waals surface area contributed by atoms with Crippen LogP contribution < -0.4 is 4.74 Å². The molecule has 3 aromatic rings. The van der Waals surface area contributed by atoms with Gasteiger partial charge < -0.3 is 4.74 Å². The van der Waals surface area contributed by atoms with Gasteiger partial charge in [0.15, 0.2) is 0 Å². The maximum absolute atomic E-state index is 12.8. The second-order valence-electron chi connectivity index (χ2n) is 6.44. The van der Waals surface area contributed by atoms with Crippen LogP contribution in [-0.4, -0.2) is 36.9 Å². The van der Waals surface area contributed by atoms with Crippen LogP contribution in [-0.2, 0) is 10.0 Å². The molecule has 8 heteroatoms. The molecular weight excluding hydrogens is 407 g/mol. The van der Waals surface area contributed by atoms with Gasteiger partial charge in [-0.15, -0.1) is 0 Å². The highest BCUT2D eigenvalue weighted by Gasteiger charge is 2.39. The molecule has 0 amide bonds. The summed E-state index contributed by atoms with van der Waals surface area (Å²) in [6.45, 7) is 2.23. The van der Waals surface area contributed by atoms with E-state index in [1.54, 1.807) is 13.0 Å². The van der Waals surface area contributed by atoms with Crippen molar-refractivity contribution >= 4 is 44.1 Å². The molecule has 0 bridgehead atoms. The van der Waals surface area contributed by atoms with E-state index in [9.17, 15) is 8.42 Å². The van der Waals surface area contributed by atoms with E-state index in [4.69, 9.17) is 27.9 Å². The molecular formula is C19H16Cl2N2O3S. The summed E-state index contributed by atoms with van der Waals surface area (Å²) in [5.74, 6) is 0.483. The van der Waals surface area contributed by atoms with Crippen LogP contribution in [0.3, 0.4) is 0 Å². The van der Waals surface area contributed by atoms with E-state index in [1.807, 2.05) is 30.3 Å². The fourth-order valence-corrected chi connectivity index (χ4v) is 5.23. The molecule has 27 heavy (non-hydrogen) atoms. The van der Waals surface area contributed by atoms with Crippen molar-refractivity contribution < 1.29 is 13.2 Å². The van der Waals surface area contributed by atoms with Crippen LogP contribution in [0.1, 0.15) is 5.56 Å². The number of ether oxygens (including phenoxy) is 1. The number of hydrogen-bond acceptors (Lipinski definition) is 4. The minimum atomic E-state index is -3.69. The monoisotopic (exact) mass is 422 g/mol.